The maximum Gasteiger partial charge on any atom is 0.258 e. The monoisotopic (exact) mass is 375 g/mol. The Morgan fingerprint density at radius 3 is 2.65 bits per heavy atom. The van der Waals surface area contributed by atoms with Crippen molar-refractivity contribution in [3.05, 3.63) is 64.7 Å². The molecule has 26 heavy (non-hydrogen) atoms. The summed E-state index contributed by atoms with van der Waals surface area (Å²) in [6, 6.07) is 7.65. The Morgan fingerprint density at radius 1 is 1.23 bits per heavy atom. The molecule has 1 N–H and O–H groups in total. The Bertz CT molecular complexity index is 772. The first-order valence-electron chi connectivity index (χ1n) is 8.48. The largest absolute Gasteiger partial charge is 0.352 e. The van der Waals surface area contributed by atoms with Crippen molar-refractivity contribution < 1.29 is 14.0 Å². The zero-order chi connectivity index (χ0) is 18.5. The van der Waals surface area contributed by atoms with Crippen molar-refractivity contribution in [2.24, 2.45) is 5.92 Å². The maximum atomic E-state index is 13.9. The van der Waals surface area contributed by atoms with Crippen LogP contribution in [0.25, 0.3) is 0 Å². The first kappa shape index (κ1) is 18.3. The van der Waals surface area contributed by atoms with Crippen molar-refractivity contribution in [3.8, 4) is 0 Å². The minimum absolute atomic E-state index is 0.0718. The first-order valence-corrected chi connectivity index (χ1v) is 8.85. The Balaban J connectivity index is 1.51. The molecule has 2 aromatic rings. The van der Waals surface area contributed by atoms with Crippen LogP contribution in [0.2, 0.25) is 5.02 Å². The van der Waals surface area contributed by atoms with Gasteiger partial charge in [0.2, 0.25) is 0 Å². The van der Waals surface area contributed by atoms with Crippen molar-refractivity contribution in [1.82, 2.24) is 15.2 Å². The Labute approximate surface area is 156 Å². The fraction of sp³-hybridized carbons (Fsp3) is 0.316. The van der Waals surface area contributed by atoms with E-state index in [9.17, 15) is 14.0 Å². The average molecular weight is 376 g/mol. The van der Waals surface area contributed by atoms with Crippen LogP contribution in [0.4, 0.5) is 4.39 Å². The number of benzene rings is 1. The van der Waals surface area contributed by atoms with Gasteiger partial charge in [-0.1, -0.05) is 17.7 Å². The van der Waals surface area contributed by atoms with E-state index in [1.165, 1.54) is 24.4 Å². The fourth-order valence-corrected chi connectivity index (χ4v) is 3.28. The van der Waals surface area contributed by atoms with Gasteiger partial charge in [-0.25, -0.2) is 4.39 Å². The van der Waals surface area contributed by atoms with E-state index >= 15 is 0 Å². The molecule has 0 spiro atoms. The zero-order valence-electron chi connectivity index (χ0n) is 14.1. The van der Waals surface area contributed by atoms with Gasteiger partial charge in [0.1, 0.15) is 5.82 Å². The molecular formula is C19H19ClFN3O2. The molecule has 7 heteroatoms. The Kier molecular flexibility index (Phi) is 5.83. The van der Waals surface area contributed by atoms with E-state index in [2.05, 4.69) is 10.3 Å². The topological polar surface area (TPSA) is 62.3 Å². The predicted molar refractivity (Wildman–Crippen MR) is 96.6 cm³/mol. The molecule has 1 saturated heterocycles. The number of likely N-dealkylation sites (tertiary alicyclic amines) is 1. The number of rotatable bonds is 4. The normalized spacial score (nSPS) is 14.9. The molecule has 0 saturated carbocycles. The van der Waals surface area contributed by atoms with Gasteiger partial charge in [0.05, 0.1) is 16.1 Å². The molecule has 0 aliphatic carbocycles. The molecule has 3 rings (SSSR count). The van der Waals surface area contributed by atoms with Crippen LogP contribution < -0.4 is 5.32 Å². The molecule has 1 aromatic carbocycles. The number of piperidine rings is 1. The number of hydrogen-bond acceptors (Lipinski definition) is 3. The summed E-state index contributed by atoms with van der Waals surface area (Å²) in [5, 5.41) is 3.02. The van der Waals surface area contributed by atoms with Crippen LogP contribution in [0.5, 0.6) is 0 Å². The summed E-state index contributed by atoms with van der Waals surface area (Å²) in [6.45, 7) is 1.56. The average Bonchev–Trinajstić information content (AvgIpc) is 2.67. The lowest BCUT2D eigenvalue weighted by Gasteiger charge is -2.32. The molecule has 5 nitrogen and oxygen atoms in total. The number of nitrogens with zero attached hydrogens (tertiary/aromatic N) is 2. The summed E-state index contributed by atoms with van der Waals surface area (Å²) in [6.07, 6.45) is 4.62. The van der Waals surface area contributed by atoms with Crippen molar-refractivity contribution in [2.45, 2.75) is 12.8 Å². The third kappa shape index (κ3) is 4.19. The van der Waals surface area contributed by atoms with Gasteiger partial charge < -0.3 is 10.2 Å². The third-order valence-electron chi connectivity index (χ3n) is 4.55. The summed E-state index contributed by atoms with van der Waals surface area (Å²) in [5.41, 5.74) is 0.451. The van der Waals surface area contributed by atoms with E-state index < -0.39 is 5.82 Å². The molecule has 1 aliphatic heterocycles. The molecule has 2 heterocycles. The highest BCUT2D eigenvalue weighted by Crippen LogP contribution is 2.24. The van der Waals surface area contributed by atoms with Gasteiger partial charge in [-0.2, -0.15) is 0 Å². The predicted octanol–water partition coefficient (Wildman–Crippen LogP) is 3.16. The van der Waals surface area contributed by atoms with Crippen molar-refractivity contribution in [2.75, 3.05) is 19.6 Å². The van der Waals surface area contributed by atoms with E-state index in [1.54, 1.807) is 23.2 Å². The van der Waals surface area contributed by atoms with Crippen molar-refractivity contribution in [1.29, 1.82) is 0 Å². The maximum absolute atomic E-state index is 13.9. The second-order valence-corrected chi connectivity index (χ2v) is 6.69. The Morgan fingerprint density at radius 2 is 2.00 bits per heavy atom. The van der Waals surface area contributed by atoms with Crippen LogP contribution >= 0.6 is 11.6 Å². The van der Waals surface area contributed by atoms with Crippen LogP contribution in [0, 0.1) is 11.7 Å². The van der Waals surface area contributed by atoms with E-state index in [4.69, 9.17) is 11.6 Å². The minimum Gasteiger partial charge on any atom is -0.352 e. The summed E-state index contributed by atoms with van der Waals surface area (Å²) < 4.78 is 13.9. The molecule has 1 fully saturated rings. The SMILES string of the molecule is O=C(NCC1CCN(C(=O)c2c(F)cccc2Cl)CC1)c1cccnc1. The van der Waals surface area contributed by atoms with Gasteiger partial charge in [-0.05, 0) is 43.0 Å². The highest BCUT2D eigenvalue weighted by atomic mass is 35.5. The van der Waals surface area contributed by atoms with Crippen LogP contribution in [-0.4, -0.2) is 41.3 Å². The third-order valence-corrected chi connectivity index (χ3v) is 4.87. The van der Waals surface area contributed by atoms with E-state index in [-0.39, 0.29) is 28.3 Å². The zero-order valence-corrected chi connectivity index (χ0v) is 14.9. The number of aromatic nitrogens is 1. The summed E-state index contributed by atoms with van der Waals surface area (Å²) in [4.78, 5) is 30.1. The van der Waals surface area contributed by atoms with E-state index in [1.807, 2.05) is 0 Å². The molecule has 136 valence electrons. The summed E-state index contributed by atoms with van der Waals surface area (Å²) >= 11 is 5.97. The van der Waals surface area contributed by atoms with Crippen LogP contribution in [0.3, 0.4) is 0 Å². The lowest BCUT2D eigenvalue weighted by atomic mass is 9.96. The molecule has 2 amide bonds. The molecule has 1 aliphatic rings. The lowest BCUT2D eigenvalue weighted by molar-refractivity contribution is 0.0680. The van der Waals surface area contributed by atoms with Crippen molar-refractivity contribution in [3.63, 3.8) is 0 Å². The minimum atomic E-state index is -0.603. The van der Waals surface area contributed by atoms with Crippen LogP contribution in [0.15, 0.2) is 42.7 Å². The first-order chi connectivity index (χ1) is 12.6. The Hall–Kier alpha value is -2.47. The quantitative estimate of drug-likeness (QED) is 0.892. The smallest absolute Gasteiger partial charge is 0.258 e. The van der Waals surface area contributed by atoms with Crippen LogP contribution in [0.1, 0.15) is 33.6 Å². The second kappa shape index (κ2) is 8.27. The van der Waals surface area contributed by atoms with Crippen LogP contribution in [-0.2, 0) is 0 Å². The second-order valence-electron chi connectivity index (χ2n) is 6.28. The number of amides is 2. The van der Waals surface area contributed by atoms with E-state index in [0.29, 0.717) is 25.2 Å². The number of pyridine rings is 1. The van der Waals surface area contributed by atoms with Gasteiger partial charge in [0.25, 0.3) is 11.8 Å². The van der Waals surface area contributed by atoms with Gasteiger partial charge in [-0.15, -0.1) is 0 Å². The molecular weight excluding hydrogens is 357 g/mol. The molecule has 0 radical (unpaired) electrons. The van der Waals surface area contributed by atoms with Gasteiger partial charge in [0, 0.05) is 32.0 Å². The molecule has 0 bridgehead atoms. The standard InChI is InChI=1S/C19H19ClFN3O2/c20-15-4-1-5-16(21)17(15)19(26)24-9-6-13(7-10-24)11-23-18(25)14-3-2-8-22-12-14/h1-5,8,12-13H,6-7,9-11H2,(H,23,25). The molecule has 0 unspecified atom stereocenters. The van der Waals surface area contributed by atoms with Gasteiger partial charge in [-0.3, -0.25) is 14.6 Å². The highest BCUT2D eigenvalue weighted by molar-refractivity contribution is 6.33. The molecule has 0 atom stereocenters. The fourth-order valence-electron chi connectivity index (χ4n) is 3.04. The number of nitrogens with one attached hydrogen (secondary N) is 1. The number of carbonyl (C=O) groups excluding carboxylic acids is 2. The summed E-state index contributed by atoms with van der Waals surface area (Å²) in [5.74, 6) is -0.871. The summed E-state index contributed by atoms with van der Waals surface area (Å²) in [7, 11) is 0. The number of hydrogen-bond donors (Lipinski definition) is 1. The number of halogens is 2. The van der Waals surface area contributed by atoms with Crippen molar-refractivity contribution >= 4 is 23.4 Å². The van der Waals surface area contributed by atoms with Gasteiger partial charge in [0.15, 0.2) is 0 Å². The van der Waals surface area contributed by atoms with Gasteiger partial charge >= 0.3 is 0 Å². The lowest BCUT2D eigenvalue weighted by Crippen LogP contribution is -2.42. The highest BCUT2D eigenvalue weighted by Gasteiger charge is 2.27. The number of carbonyl (C=O) groups is 2. The molecule has 1 aromatic heterocycles. The van der Waals surface area contributed by atoms with E-state index in [0.717, 1.165) is 12.8 Å².